The Morgan fingerprint density at radius 3 is 1.51 bits per heavy atom. The number of hydrogen-bond donors (Lipinski definition) is 0. The Labute approximate surface area is 228 Å². The molecule has 0 radical (unpaired) electrons. The molecule has 4 amide bonds. The van der Waals surface area contributed by atoms with E-state index in [2.05, 4.69) is 31.9 Å². The second-order valence-electron chi connectivity index (χ2n) is 9.53. The number of allylic oxidation sites excluding steroid dienone is 1. The van der Waals surface area contributed by atoms with Crippen LogP contribution in [0.25, 0.3) is 0 Å². The van der Waals surface area contributed by atoms with E-state index < -0.39 is 65.1 Å². The number of hydrogen-bond acceptors (Lipinski definition) is 6. The molecule has 5 aliphatic rings. The van der Waals surface area contributed by atoms with Crippen LogP contribution in [-0.2, 0) is 28.7 Å². The van der Waals surface area contributed by atoms with Crippen molar-refractivity contribution in [1.82, 2.24) is 0 Å². The maximum atomic E-state index is 13.8. The van der Waals surface area contributed by atoms with Gasteiger partial charge in [-0.1, -0.05) is 37.9 Å². The van der Waals surface area contributed by atoms with Crippen LogP contribution in [0.4, 0.5) is 11.4 Å². The molecule has 2 heterocycles. The molecule has 0 spiro atoms. The van der Waals surface area contributed by atoms with Gasteiger partial charge in [0.2, 0.25) is 23.6 Å². The third kappa shape index (κ3) is 3.41. The van der Waals surface area contributed by atoms with Crippen molar-refractivity contribution in [2.24, 2.45) is 35.5 Å². The average molecular weight is 628 g/mol. The number of imide groups is 2. The van der Waals surface area contributed by atoms with Crippen molar-refractivity contribution in [3.8, 4) is 0 Å². The van der Waals surface area contributed by atoms with Gasteiger partial charge in [-0.15, -0.1) is 0 Å². The number of anilines is 2. The summed E-state index contributed by atoms with van der Waals surface area (Å²) in [6.45, 7) is 1.79. The van der Waals surface area contributed by atoms with Crippen molar-refractivity contribution in [2.75, 3.05) is 16.4 Å². The molecule has 8 nitrogen and oxygen atoms in total. The molecule has 4 atom stereocenters. The van der Waals surface area contributed by atoms with Gasteiger partial charge in [0, 0.05) is 26.4 Å². The highest BCUT2D eigenvalue weighted by Crippen LogP contribution is 2.61. The summed E-state index contributed by atoms with van der Waals surface area (Å²) in [6, 6.07) is 13.5. The first kappa shape index (κ1) is 24.2. The zero-order valence-corrected chi connectivity index (χ0v) is 22.6. The summed E-state index contributed by atoms with van der Waals surface area (Å²) < 4.78 is 6.85. The summed E-state index contributed by atoms with van der Waals surface area (Å²) in [5, 5.41) is 0. The molecule has 10 heteroatoms. The molecule has 7 rings (SSSR count). The maximum Gasteiger partial charge on any atom is 0.334 e. The topological polar surface area (TPSA) is 101 Å². The van der Waals surface area contributed by atoms with Crippen LogP contribution in [0.3, 0.4) is 0 Å². The lowest BCUT2D eigenvalue weighted by Crippen LogP contribution is -2.53. The average Bonchev–Trinajstić information content (AvgIpc) is 3.32. The van der Waals surface area contributed by atoms with E-state index >= 15 is 0 Å². The molecule has 3 aliphatic carbocycles. The highest BCUT2D eigenvalue weighted by molar-refractivity contribution is 9.10. The number of esters is 1. The van der Waals surface area contributed by atoms with E-state index in [4.69, 9.17) is 4.74 Å². The van der Waals surface area contributed by atoms with Gasteiger partial charge in [-0.3, -0.25) is 29.0 Å². The molecular weight excluding hydrogens is 608 g/mol. The van der Waals surface area contributed by atoms with Crippen LogP contribution in [0, 0.1) is 35.5 Å². The van der Waals surface area contributed by atoms with Gasteiger partial charge < -0.3 is 4.74 Å². The van der Waals surface area contributed by atoms with Crippen LogP contribution in [0.1, 0.15) is 6.92 Å². The molecule has 188 valence electrons. The molecule has 3 fully saturated rings. The van der Waals surface area contributed by atoms with Gasteiger partial charge in [-0.2, -0.15) is 0 Å². The maximum absolute atomic E-state index is 13.8. The van der Waals surface area contributed by atoms with Crippen molar-refractivity contribution in [1.29, 1.82) is 0 Å². The van der Waals surface area contributed by atoms with Crippen molar-refractivity contribution >= 4 is 72.8 Å². The van der Waals surface area contributed by atoms with Gasteiger partial charge in [-0.05, 0) is 55.5 Å². The largest absolute Gasteiger partial charge is 0.463 e. The molecule has 4 unspecified atom stereocenters. The second-order valence-corrected chi connectivity index (χ2v) is 11.4. The van der Waals surface area contributed by atoms with E-state index in [1.54, 1.807) is 61.5 Å². The van der Waals surface area contributed by atoms with Gasteiger partial charge in [-0.25, -0.2) is 4.79 Å². The third-order valence-corrected chi connectivity index (χ3v) is 8.87. The Morgan fingerprint density at radius 1 is 0.703 bits per heavy atom. The van der Waals surface area contributed by atoms with E-state index in [9.17, 15) is 24.0 Å². The van der Waals surface area contributed by atoms with Crippen LogP contribution >= 0.6 is 31.9 Å². The molecule has 1 saturated carbocycles. The molecule has 37 heavy (non-hydrogen) atoms. The number of halogens is 2. The predicted octanol–water partition coefficient (Wildman–Crippen LogP) is 3.87. The predicted molar refractivity (Wildman–Crippen MR) is 139 cm³/mol. The van der Waals surface area contributed by atoms with Gasteiger partial charge in [0.15, 0.2) is 0 Å². The summed E-state index contributed by atoms with van der Waals surface area (Å²) in [7, 11) is 0. The van der Waals surface area contributed by atoms with Crippen LogP contribution in [-0.4, -0.2) is 36.2 Å². The molecule has 0 N–H and O–H groups in total. The second kappa shape index (κ2) is 8.73. The highest BCUT2D eigenvalue weighted by atomic mass is 79.9. The zero-order chi connectivity index (χ0) is 26.2. The fourth-order valence-electron chi connectivity index (χ4n) is 6.46. The standard InChI is InChI=1S/C27H20Br2N2O6/c1-2-37-27(36)17-11-16-19-21(25(34)30(23(19)32)14-7-3-12(28)4-8-14)18(17)22-20(16)24(33)31(26(22)35)15-9-5-13(29)6-10-15/h3-11,16,18-22H,2H2,1H3. The van der Waals surface area contributed by atoms with Gasteiger partial charge in [0.05, 0.1) is 41.7 Å². The van der Waals surface area contributed by atoms with Gasteiger partial charge >= 0.3 is 5.97 Å². The van der Waals surface area contributed by atoms with Gasteiger partial charge in [0.1, 0.15) is 0 Å². The lowest BCUT2D eigenvalue weighted by atomic mass is 9.52. The first-order valence-electron chi connectivity index (χ1n) is 11.9. The number of rotatable bonds is 4. The fraction of sp³-hybridized carbons (Fsp3) is 0.296. The monoisotopic (exact) mass is 626 g/mol. The molecule has 2 bridgehead atoms. The first-order chi connectivity index (χ1) is 17.7. The van der Waals surface area contributed by atoms with Crippen LogP contribution in [0.5, 0.6) is 0 Å². The Hall–Kier alpha value is -3.11. The molecule has 2 aromatic carbocycles. The zero-order valence-electron chi connectivity index (χ0n) is 19.5. The summed E-state index contributed by atoms with van der Waals surface area (Å²) in [5.41, 5.74) is 1.01. The summed E-state index contributed by atoms with van der Waals surface area (Å²) in [6.07, 6.45) is 1.61. The van der Waals surface area contributed by atoms with Crippen molar-refractivity contribution in [2.45, 2.75) is 6.92 Å². The van der Waals surface area contributed by atoms with E-state index in [1.807, 2.05) is 0 Å². The van der Waals surface area contributed by atoms with E-state index in [0.717, 1.165) is 18.7 Å². The molecule has 2 saturated heterocycles. The van der Waals surface area contributed by atoms with Crippen LogP contribution in [0.2, 0.25) is 0 Å². The Bertz CT molecular complexity index is 1310. The highest BCUT2D eigenvalue weighted by Gasteiger charge is 2.71. The number of carbonyl (C=O) groups is 5. The SMILES string of the molecule is CCOC(=O)C1=CC2C3C(=O)N(c4ccc(Br)cc4)C(=O)C3C1C1C(=O)N(c3ccc(Br)cc3)C(=O)C21. The first-order valence-corrected chi connectivity index (χ1v) is 13.5. The summed E-state index contributed by atoms with van der Waals surface area (Å²) in [5.74, 6) is -7.70. The minimum Gasteiger partial charge on any atom is -0.463 e. The molecule has 0 aromatic heterocycles. The molecular formula is C27H20Br2N2O6. The number of carbonyl (C=O) groups excluding carboxylic acids is 5. The third-order valence-electron chi connectivity index (χ3n) is 7.81. The smallest absolute Gasteiger partial charge is 0.334 e. The Balaban J connectivity index is 1.46. The van der Waals surface area contributed by atoms with Crippen molar-refractivity contribution in [3.05, 3.63) is 69.1 Å². The van der Waals surface area contributed by atoms with Gasteiger partial charge in [0.25, 0.3) is 0 Å². The minimum atomic E-state index is -0.937. The number of benzene rings is 2. The lowest BCUT2D eigenvalue weighted by molar-refractivity contribution is -0.146. The normalized spacial score (nSPS) is 30.0. The van der Waals surface area contributed by atoms with Crippen LogP contribution in [0.15, 0.2) is 69.1 Å². The van der Waals surface area contributed by atoms with E-state index in [-0.39, 0.29) is 12.2 Å². The Kier molecular flexibility index (Phi) is 5.72. The number of amides is 4. The summed E-state index contributed by atoms with van der Waals surface area (Å²) in [4.78, 5) is 70.3. The van der Waals surface area contributed by atoms with Crippen molar-refractivity contribution in [3.63, 3.8) is 0 Å². The number of nitrogens with zero attached hydrogens (tertiary/aromatic N) is 2. The fourth-order valence-corrected chi connectivity index (χ4v) is 6.99. The minimum absolute atomic E-state index is 0.117. The quantitative estimate of drug-likeness (QED) is 0.377. The Morgan fingerprint density at radius 2 is 1.11 bits per heavy atom. The number of ether oxygens (including phenoxy) is 1. The van der Waals surface area contributed by atoms with E-state index in [1.165, 1.54) is 0 Å². The van der Waals surface area contributed by atoms with E-state index in [0.29, 0.717) is 11.4 Å². The van der Waals surface area contributed by atoms with Crippen LogP contribution < -0.4 is 9.80 Å². The molecule has 2 aliphatic heterocycles. The lowest BCUT2D eigenvalue weighted by Gasteiger charge is -2.46. The summed E-state index contributed by atoms with van der Waals surface area (Å²) >= 11 is 6.71. The van der Waals surface area contributed by atoms with Crippen molar-refractivity contribution < 1.29 is 28.7 Å². The molecule has 2 aromatic rings.